The topological polar surface area (TPSA) is 87.3 Å². The van der Waals surface area contributed by atoms with Crippen molar-refractivity contribution in [3.05, 3.63) is 107 Å². The van der Waals surface area contributed by atoms with E-state index in [9.17, 15) is 14.4 Å². The molecule has 4 rings (SSSR count). The summed E-state index contributed by atoms with van der Waals surface area (Å²) in [4.78, 5) is 37.4. The number of hydrogen-bond donors (Lipinski definition) is 3. The molecule has 0 fully saturated rings. The molecule has 0 aliphatic carbocycles. The smallest absolute Gasteiger partial charge is 0.255 e. The highest BCUT2D eigenvalue weighted by Gasteiger charge is 2.12. The lowest BCUT2D eigenvalue weighted by molar-refractivity contribution is -0.116. The largest absolute Gasteiger partial charge is 0.352 e. The van der Waals surface area contributed by atoms with E-state index in [0.29, 0.717) is 27.5 Å². The van der Waals surface area contributed by atoms with Crippen LogP contribution < -0.4 is 16.0 Å². The molecule has 7 heteroatoms. The number of carbonyl (C=O) groups excluding carboxylic acids is 3. The highest BCUT2D eigenvalue weighted by molar-refractivity contribution is 6.30. The molecule has 0 saturated heterocycles. The number of para-hydroxylation sites is 2. The van der Waals surface area contributed by atoms with Gasteiger partial charge in [0.2, 0.25) is 5.91 Å². The molecule has 34 heavy (non-hydrogen) atoms. The molecule has 4 aromatic carbocycles. The van der Waals surface area contributed by atoms with E-state index in [-0.39, 0.29) is 30.7 Å². The fraction of sp³-hybridized carbons (Fsp3) is 0.0741. The van der Waals surface area contributed by atoms with Gasteiger partial charge in [-0.15, -0.1) is 0 Å². The Labute approximate surface area is 201 Å². The van der Waals surface area contributed by atoms with Crippen LogP contribution in [0, 0.1) is 0 Å². The average Bonchev–Trinajstić information content (AvgIpc) is 2.85. The van der Waals surface area contributed by atoms with E-state index in [2.05, 4.69) is 16.0 Å². The van der Waals surface area contributed by atoms with Gasteiger partial charge in [-0.1, -0.05) is 54.1 Å². The third-order valence-corrected chi connectivity index (χ3v) is 5.46. The average molecular weight is 472 g/mol. The third kappa shape index (κ3) is 5.79. The van der Waals surface area contributed by atoms with Crippen LogP contribution in [0.3, 0.4) is 0 Å². The van der Waals surface area contributed by atoms with Crippen LogP contribution in [0.1, 0.15) is 27.1 Å². The second-order valence-corrected chi connectivity index (χ2v) is 8.06. The third-order valence-electron chi connectivity index (χ3n) is 5.21. The van der Waals surface area contributed by atoms with Gasteiger partial charge in [-0.25, -0.2) is 0 Å². The summed E-state index contributed by atoms with van der Waals surface area (Å²) in [6.45, 7) is 0.177. The molecule has 170 valence electrons. The van der Waals surface area contributed by atoms with Crippen LogP contribution in [0.5, 0.6) is 0 Å². The summed E-state index contributed by atoms with van der Waals surface area (Å²) < 4.78 is 0. The summed E-state index contributed by atoms with van der Waals surface area (Å²) in [7, 11) is 0. The summed E-state index contributed by atoms with van der Waals surface area (Å²) in [5.74, 6) is -0.845. The Hall–Kier alpha value is -4.16. The number of anilines is 2. The standard InChI is InChI=1S/C27H22ClN3O3/c28-22-13-11-19(12-14-22)27(34)31-24-8-4-3-7-23(24)30-25(32)15-16-29-26(33)21-10-9-18-5-1-2-6-20(18)17-21/h1-14,17H,15-16H2,(H,29,33)(H,30,32)(H,31,34). The summed E-state index contributed by atoms with van der Waals surface area (Å²) in [5.41, 5.74) is 1.92. The predicted molar refractivity (Wildman–Crippen MR) is 135 cm³/mol. The van der Waals surface area contributed by atoms with Crippen molar-refractivity contribution in [2.45, 2.75) is 6.42 Å². The van der Waals surface area contributed by atoms with Crippen molar-refractivity contribution in [2.75, 3.05) is 17.2 Å². The van der Waals surface area contributed by atoms with Crippen LogP contribution in [0.2, 0.25) is 5.02 Å². The summed E-state index contributed by atoms with van der Waals surface area (Å²) in [5, 5.41) is 10.9. The molecule has 0 aliphatic rings. The fourth-order valence-corrected chi connectivity index (χ4v) is 3.56. The molecule has 0 aromatic heterocycles. The van der Waals surface area contributed by atoms with E-state index in [1.807, 2.05) is 36.4 Å². The lowest BCUT2D eigenvalue weighted by Gasteiger charge is -2.13. The molecule has 3 N–H and O–H groups in total. The molecule has 3 amide bonds. The Morgan fingerprint density at radius 2 is 1.26 bits per heavy atom. The Morgan fingerprint density at radius 3 is 2.00 bits per heavy atom. The van der Waals surface area contributed by atoms with E-state index >= 15 is 0 Å². The lowest BCUT2D eigenvalue weighted by atomic mass is 10.1. The highest BCUT2D eigenvalue weighted by Crippen LogP contribution is 2.22. The Kier molecular flexibility index (Phi) is 7.20. The maximum atomic E-state index is 12.5. The molecular weight excluding hydrogens is 450 g/mol. The minimum atomic E-state index is -0.319. The van der Waals surface area contributed by atoms with Crippen LogP contribution >= 0.6 is 11.6 Å². The van der Waals surface area contributed by atoms with Crippen molar-refractivity contribution in [1.82, 2.24) is 5.32 Å². The number of benzene rings is 4. The number of hydrogen-bond acceptors (Lipinski definition) is 3. The van der Waals surface area contributed by atoms with Gasteiger partial charge in [-0.05, 0) is 59.3 Å². The first-order valence-electron chi connectivity index (χ1n) is 10.7. The van der Waals surface area contributed by atoms with Gasteiger partial charge in [-0.3, -0.25) is 14.4 Å². The van der Waals surface area contributed by atoms with E-state index in [0.717, 1.165) is 10.8 Å². The Bertz CT molecular complexity index is 1350. The monoisotopic (exact) mass is 471 g/mol. The van der Waals surface area contributed by atoms with Gasteiger partial charge in [0.15, 0.2) is 0 Å². The predicted octanol–water partition coefficient (Wildman–Crippen LogP) is 5.50. The second-order valence-electron chi connectivity index (χ2n) is 7.62. The SMILES string of the molecule is O=C(CCNC(=O)c1ccc2ccccc2c1)Nc1ccccc1NC(=O)c1ccc(Cl)cc1. The maximum Gasteiger partial charge on any atom is 0.255 e. The number of halogens is 1. The molecule has 0 heterocycles. The molecular formula is C27H22ClN3O3. The second kappa shape index (κ2) is 10.6. The molecule has 6 nitrogen and oxygen atoms in total. The molecule has 0 saturated carbocycles. The quantitative estimate of drug-likeness (QED) is 0.332. The molecule has 0 atom stereocenters. The minimum absolute atomic E-state index is 0.0821. The molecule has 4 aromatic rings. The van der Waals surface area contributed by atoms with E-state index in [1.165, 1.54) is 0 Å². The van der Waals surface area contributed by atoms with Crippen molar-refractivity contribution >= 4 is 51.5 Å². The van der Waals surface area contributed by atoms with Gasteiger partial charge in [0.05, 0.1) is 11.4 Å². The van der Waals surface area contributed by atoms with Gasteiger partial charge < -0.3 is 16.0 Å². The molecule has 0 radical (unpaired) electrons. The van der Waals surface area contributed by atoms with Crippen LogP contribution in [0.15, 0.2) is 91.0 Å². The van der Waals surface area contributed by atoms with Crippen molar-refractivity contribution in [2.24, 2.45) is 0 Å². The zero-order chi connectivity index (χ0) is 23.9. The number of nitrogens with one attached hydrogen (secondary N) is 3. The Morgan fingerprint density at radius 1 is 0.647 bits per heavy atom. The fourth-order valence-electron chi connectivity index (χ4n) is 3.43. The number of rotatable bonds is 7. The van der Waals surface area contributed by atoms with Crippen molar-refractivity contribution in [3.8, 4) is 0 Å². The van der Waals surface area contributed by atoms with Gasteiger partial charge in [0.25, 0.3) is 11.8 Å². The zero-order valence-electron chi connectivity index (χ0n) is 18.2. The van der Waals surface area contributed by atoms with Gasteiger partial charge in [0.1, 0.15) is 0 Å². The van der Waals surface area contributed by atoms with E-state index in [4.69, 9.17) is 11.6 Å². The van der Waals surface area contributed by atoms with Crippen molar-refractivity contribution in [1.29, 1.82) is 0 Å². The van der Waals surface area contributed by atoms with E-state index < -0.39 is 0 Å². The van der Waals surface area contributed by atoms with Gasteiger partial charge >= 0.3 is 0 Å². The summed E-state index contributed by atoms with van der Waals surface area (Å²) >= 11 is 5.87. The maximum absolute atomic E-state index is 12.5. The first-order chi connectivity index (χ1) is 16.5. The molecule has 0 spiro atoms. The van der Waals surface area contributed by atoms with Crippen LogP contribution in [0.4, 0.5) is 11.4 Å². The first kappa shape index (κ1) is 23.0. The van der Waals surface area contributed by atoms with Crippen molar-refractivity contribution in [3.63, 3.8) is 0 Å². The molecule has 0 unspecified atom stereocenters. The van der Waals surface area contributed by atoms with Crippen LogP contribution in [-0.4, -0.2) is 24.3 Å². The first-order valence-corrected chi connectivity index (χ1v) is 11.1. The number of fused-ring (bicyclic) bond motifs is 1. The van der Waals surface area contributed by atoms with Crippen LogP contribution in [-0.2, 0) is 4.79 Å². The summed E-state index contributed by atoms with van der Waals surface area (Å²) in [6, 6.07) is 26.7. The molecule has 0 aliphatic heterocycles. The molecule has 0 bridgehead atoms. The lowest BCUT2D eigenvalue weighted by Crippen LogP contribution is -2.27. The van der Waals surface area contributed by atoms with Crippen LogP contribution in [0.25, 0.3) is 10.8 Å². The van der Waals surface area contributed by atoms with Gasteiger partial charge in [0, 0.05) is 29.1 Å². The van der Waals surface area contributed by atoms with E-state index in [1.54, 1.807) is 54.6 Å². The Balaban J connectivity index is 1.32. The highest BCUT2D eigenvalue weighted by atomic mass is 35.5. The van der Waals surface area contributed by atoms with Crippen molar-refractivity contribution < 1.29 is 14.4 Å². The number of amides is 3. The zero-order valence-corrected chi connectivity index (χ0v) is 18.9. The number of carbonyl (C=O) groups is 3. The minimum Gasteiger partial charge on any atom is -0.352 e. The van der Waals surface area contributed by atoms with Gasteiger partial charge in [-0.2, -0.15) is 0 Å². The summed E-state index contributed by atoms with van der Waals surface area (Å²) in [6.07, 6.45) is 0.0821. The normalized spacial score (nSPS) is 10.5.